The van der Waals surface area contributed by atoms with E-state index in [2.05, 4.69) is 15.5 Å². The van der Waals surface area contributed by atoms with Gasteiger partial charge >= 0.3 is 0 Å². The molecule has 3 aromatic heterocycles. The molecule has 4 rings (SSSR count). The molecule has 152 valence electrons. The molecule has 1 aliphatic heterocycles. The number of carbonyl (C=O) groups excluding carboxylic acids is 2. The Morgan fingerprint density at radius 2 is 2.10 bits per heavy atom. The van der Waals surface area contributed by atoms with Crippen molar-refractivity contribution in [1.82, 2.24) is 20.4 Å². The second kappa shape index (κ2) is 9.04. The minimum Gasteiger partial charge on any atom is -0.459 e. The summed E-state index contributed by atoms with van der Waals surface area (Å²) in [6.45, 7) is 1.22. The minimum atomic E-state index is -0.0961. The summed E-state index contributed by atoms with van der Waals surface area (Å²) in [7, 11) is 0. The molecule has 0 saturated carbocycles. The third kappa shape index (κ3) is 4.92. The summed E-state index contributed by atoms with van der Waals surface area (Å²) >= 11 is 1.56. The number of aryl methyl sites for hydroxylation is 1. The molecule has 0 aliphatic carbocycles. The number of amides is 2. The Kier molecular flexibility index (Phi) is 6.04. The molecule has 1 N–H and O–H groups in total. The van der Waals surface area contributed by atoms with Crippen molar-refractivity contribution >= 4 is 23.2 Å². The SMILES string of the molecule is O=C(CCCc1nc(-c2cccs2)no1)NC1CCN(C(=O)c2ccco2)CC1. The molecule has 2 amide bonds. The lowest BCUT2D eigenvalue weighted by atomic mass is 10.0. The van der Waals surface area contributed by atoms with Gasteiger partial charge in [-0.3, -0.25) is 9.59 Å². The van der Waals surface area contributed by atoms with Crippen LogP contribution in [0.1, 0.15) is 42.1 Å². The second-order valence-electron chi connectivity index (χ2n) is 6.95. The van der Waals surface area contributed by atoms with Gasteiger partial charge in [0.2, 0.25) is 17.6 Å². The normalized spacial score (nSPS) is 14.8. The lowest BCUT2D eigenvalue weighted by Gasteiger charge is -2.31. The Labute approximate surface area is 171 Å². The number of rotatable bonds is 7. The van der Waals surface area contributed by atoms with E-state index in [0.717, 1.165) is 17.7 Å². The van der Waals surface area contributed by atoms with E-state index in [1.165, 1.54) is 6.26 Å². The maximum absolute atomic E-state index is 12.3. The Morgan fingerprint density at radius 1 is 1.24 bits per heavy atom. The van der Waals surface area contributed by atoms with Gasteiger partial charge in [0.05, 0.1) is 11.1 Å². The fraction of sp³-hybridized carbons (Fsp3) is 0.400. The zero-order valence-electron chi connectivity index (χ0n) is 15.9. The van der Waals surface area contributed by atoms with Gasteiger partial charge in [0.15, 0.2) is 5.76 Å². The molecular formula is C20H22N4O4S. The highest BCUT2D eigenvalue weighted by Crippen LogP contribution is 2.21. The van der Waals surface area contributed by atoms with Crippen molar-refractivity contribution < 1.29 is 18.5 Å². The number of hydrogen-bond acceptors (Lipinski definition) is 7. The number of carbonyl (C=O) groups is 2. The monoisotopic (exact) mass is 414 g/mol. The molecule has 1 fully saturated rings. The number of thiophene rings is 1. The quantitative estimate of drug-likeness (QED) is 0.637. The van der Waals surface area contributed by atoms with Gasteiger partial charge in [-0.25, -0.2) is 0 Å². The van der Waals surface area contributed by atoms with Gasteiger partial charge in [0.1, 0.15) is 0 Å². The zero-order chi connectivity index (χ0) is 20.1. The topological polar surface area (TPSA) is 101 Å². The Balaban J connectivity index is 1.16. The first-order chi connectivity index (χ1) is 14.2. The average molecular weight is 414 g/mol. The van der Waals surface area contributed by atoms with E-state index in [9.17, 15) is 9.59 Å². The van der Waals surface area contributed by atoms with E-state index < -0.39 is 0 Å². The molecule has 0 unspecified atom stereocenters. The van der Waals surface area contributed by atoms with Crippen molar-refractivity contribution in [2.45, 2.75) is 38.1 Å². The average Bonchev–Trinajstić information content (AvgIpc) is 3.50. The van der Waals surface area contributed by atoms with Crippen LogP contribution in [-0.2, 0) is 11.2 Å². The van der Waals surface area contributed by atoms with Crippen LogP contribution in [0.15, 0.2) is 44.8 Å². The largest absolute Gasteiger partial charge is 0.459 e. The number of hydrogen-bond donors (Lipinski definition) is 1. The predicted molar refractivity (Wildman–Crippen MR) is 106 cm³/mol. The maximum Gasteiger partial charge on any atom is 0.289 e. The first kappa shape index (κ1) is 19.4. The van der Waals surface area contributed by atoms with Crippen LogP contribution in [0.4, 0.5) is 0 Å². The minimum absolute atomic E-state index is 0.0128. The first-order valence-electron chi connectivity index (χ1n) is 9.67. The summed E-state index contributed by atoms with van der Waals surface area (Å²) in [5.41, 5.74) is 0. The van der Waals surface area contributed by atoms with E-state index in [0.29, 0.717) is 49.8 Å². The highest BCUT2D eigenvalue weighted by molar-refractivity contribution is 7.13. The van der Waals surface area contributed by atoms with Crippen LogP contribution in [-0.4, -0.2) is 46.0 Å². The molecule has 3 aromatic rings. The maximum atomic E-state index is 12.3. The Morgan fingerprint density at radius 3 is 2.83 bits per heavy atom. The van der Waals surface area contributed by atoms with Gasteiger partial charge < -0.3 is 19.2 Å². The van der Waals surface area contributed by atoms with Crippen molar-refractivity contribution in [3.05, 3.63) is 47.6 Å². The lowest BCUT2D eigenvalue weighted by Crippen LogP contribution is -2.46. The van der Waals surface area contributed by atoms with Crippen molar-refractivity contribution in [1.29, 1.82) is 0 Å². The van der Waals surface area contributed by atoms with E-state index >= 15 is 0 Å². The summed E-state index contributed by atoms with van der Waals surface area (Å²) in [4.78, 5) is 31.6. The summed E-state index contributed by atoms with van der Waals surface area (Å²) < 4.78 is 10.4. The summed E-state index contributed by atoms with van der Waals surface area (Å²) in [6, 6.07) is 7.36. The van der Waals surface area contributed by atoms with Gasteiger partial charge in [-0.2, -0.15) is 4.98 Å². The van der Waals surface area contributed by atoms with E-state index in [-0.39, 0.29) is 17.9 Å². The van der Waals surface area contributed by atoms with Gasteiger partial charge in [-0.1, -0.05) is 11.2 Å². The highest BCUT2D eigenvalue weighted by Gasteiger charge is 2.25. The third-order valence-electron chi connectivity index (χ3n) is 4.88. The van der Waals surface area contributed by atoms with Crippen molar-refractivity contribution in [3.63, 3.8) is 0 Å². The van der Waals surface area contributed by atoms with Crippen LogP contribution in [0.3, 0.4) is 0 Å². The fourth-order valence-corrected chi connectivity index (χ4v) is 3.99. The van der Waals surface area contributed by atoms with Crippen LogP contribution in [0.2, 0.25) is 0 Å². The lowest BCUT2D eigenvalue weighted by molar-refractivity contribution is -0.122. The van der Waals surface area contributed by atoms with E-state index in [4.69, 9.17) is 8.94 Å². The number of aromatic nitrogens is 2. The number of nitrogens with one attached hydrogen (secondary N) is 1. The molecule has 8 nitrogen and oxygen atoms in total. The molecular weight excluding hydrogens is 392 g/mol. The molecule has 9 heteroatoms. The van der Waals surface area contributed by atoms with Crippen LogP contribution >= 0.6 is 11.3 Å². The molecule has 0 aromatic carbocycles. The van der Waals surface area contributed by atoms with Crippen molar-refractivity contribution in [3.8, 4) is 10.7 Å². The number of nitrogens with zero attached hydrogens (tertiary/aromatic N) is 3. The molecule has 29 heavy (non-hydrogen) atoms. The van der Waals surface area contributed by atoms with Crippen LogP contribution in [0, 0.1) is 0 Å². The molecule has 0 atom stereocenters. The molecule has 4 heterocycles. The van der Waals surface area contributed by atoms with Crippen molar-refractivity contribution in [2.24, 2.45) is 0 Å². The Bertz CT molecular complexity index is 928. The van der Waals surface area contributed by atoms with Gasteiger partial charge in [-0.05, 0) is 42.8 Å². The number of furan rings is 1. The number of likely N-dealkylation sites (tertiary alicyclic amines) is 1. The molecule has 0 bridgehead atoms. The highest BCUT2D eigenvalue weighted by atomic mass is 32.1. The molecule has 1 saturated heterocycles. The summed E-state index contributed by atoms with van der Waals surface area (Å²) in [6.07, 6.45) is 4.60. The molecule has 0 radical (unpaired) electrons. The number of piperidine rings is 1. The Hall–Kier alpha value is -2.94. The van der Waals surface area contributed by atoms with Crippen LogP contribution in [0.25, 0.3) is 10.7 Å². The standard InChI is InChI=1S/C20H22N4O4S/c25-17(6-1-7-18-22-19(23-28-18)16-5-3-13-29-16)21-14-8-10-24(11-9-14)20(26)15-4-2-12-27-15/h2-5,12-14H,1,6-11H2,(H,21,25). The van der Waals surface area contributed by atoms with Crippen LogP contribution in [0.5, 0.6) is 0 Å². The molecule has 0 spiro atoms. The second-order valence-corrected chi connectivity index (χ2v) is 7.90. The zero-order valence-corrected chi connectivity index (χ0v) is 16.7. The van der Waals surface area contributed by atoms with Crippen molar-refractivity contribution in [2.75, 3.05) is 13.1 Å². The predicted octanol–water partition coefficient (Wildman–Crippen LogP) is 3.13. The third-order valence-corrected chi connectivity index (χ3v) is 5.75. The smallest absolute Gasteiger partial charge is 0.289 e. The van der Waals surface area contributed by atoms with E-state index in [1.807, 2.05) is 17.5 Å². The first-order valence-corrected chi connectivity index (χ1v) is 10.6. The molecule has 1 aliphatic rings. The summed E-state index contributed by atoms with van der Waals surface area (Å²) in [5.74, 6) is 1.41. The fourth-order valence-electron chi connectivity index (χ4n) is 3.35. The van der Waals surface area contributed by atoms with E-state index in [1.54, 1.807) is 28.4 Å². The van der Waals surface area contributed by atoms with Gasteiger partial charge in [0, 0.05) is 32.0 Å². The van der Waals surface area contributed by atoms with Crippen LogP contribution < -0.4 is 5.32 Å². The van der Waals surface area contributed by atoms with Gasteiger partial charge in [0.25, 0.3) is 5.91 Å². The summed E-state index contributed by atoms with van der Waals surface area (Å²) in [5, 5.41) is 9.00. The van der Waals surface area contributed by atoms with Gasteiger partial charge in [-0.15, -0.1) is 11.3 Å².